The standard InChI is InChI=1S/C16H16BrClN2O3S/c1-11(16(21)19-14-8-6-12(17)7-9-14)20(24(2,22)23)15-5-3-4-13(18)10-15/h3-11H,1-2H3,(H,19,21). The smallest absolute Gasteiger partial charge is 0.247 e. The van der Waals surface area contributed by atoms with Crippen molar-refractivity contribution in [1.29, 1.82) is 0 Å². The van der Waals surface area contributed by atoms with Crippen LogP contribution in [0, 0.1) is 0 Å². The van der Waals surface area contributed by atoms with Crippen molar-refractivity contribution in [2.45, 2.75) is 13.0 Å². The van der Waals surface area contributed by atoms with Crippen LogP contribution in [-0.4, -0.2) is 26.6 Å². The van der Waals surface area contributed by atoms with Crippen molar-refractivity contribution in [3.05, 3.63) is 58.0 Å². The second-order valence-electron chi connectivity index (χ2n) is 5.21. The Hall–Kier alpha value is -1.57. The minimum atomic E-state index is -3.67. The van der Waals surface area contributed by atoms with Crippen LogP contribution in [0.1, 0.15) is 6.92 Å². The van der Waals surface area contributed by atoms with Crippen LogP contribution in [0.25, 0.3) is 0 Å². The van der Waals surface area contributed by atoms with Crippen LogP contribution in [0.15, 0.2) is 53.0 Å². The first kappa shape index (κ1) is 18.8. The van der Waals surface area contributed by atoms with Gasteiger partial charge in [0.2, 0.25) is 15.9 Å². The molecular formula is C16H16BrClN2O3S. The molecule has 5 nitrogen and oxygen atoms in total. The first-order valence-corrected chi connectivity index (χ1v) is 10.0. The lowest BCUT2D eigenvalue weighted by Crippen LogP contribution is -2.45. The lowest BCUT2D eigenvalue weighted by Gasteiger charge is -2.28. The number of carbonyl (C=O) groups is 1. The van der Waals surface area contributed by atoms with E-state index in [9.17, 15) is 13.2 Å². The highest BCUT2D eigenvalue weighted by atomic mass is 79.9. The fraction of sp³-hybridized carbons (Fsp3) is 0.188. The normalized spacial score (nSPS) is 12.5. The molecule has 2 aromatic rings. The Labute approximate surface area is 154 Å². The Bertz CT molecular complexity index is 841. The molecule has 0 aliphatic heterocycles. The minimum absolute atomic E-state index is 0.337. The second kappa shape index (κ2) is 7.55. The quantitative estimate of drug-likeness (QED) is 0.781. The molecule has 8 heteroatoms. The lowest BCUT2D eigenvalue weighted by molar-refractivity contribution is -0.116. The van der Waals surface area contributed by atoms with Gasteiger partial charge in [-0.15, -0.1) is 0 Å². The van der Waals surface area contributed by atoms with Crippen LogP contribution in [-0.2, 0) is 14.8 Å². The number of amides is 1. The molecule has 0 aromatic heterocycles. The average molecular weight is 432 g/mol. The third kappa shape index (κ3) is 4.72. The zero-order valence-corrected chi connectivity index (χ0v) is 16.2. The van der Waals surface area contributed by atoms with E-state index in [0.717, 1.165) is 15.0 Å². The molecule has 0 heterocycles. The van der Waals surface area contributed by atoms with Crippen molar-refractivity contribution in [2.24, 2.45) is 0 Å². The molecule has 0 aliphatic rings. The van der Waals surface area contributed by atoms with Gasteiger partial charge in [0.05, 0.1) is 11.9 Å². The third-order valence-electron chi connectivity index (χ3n) is 3.26. The van der Waals surface area contributed by atoms with E-state index in [1.54, 1.807) is 42.5 Å². The summed E-state index contributed by atoms with van der Waals surface area (Å²) in [5.41, 5.74) is 0.915. The summed E-state index contributed by atoms with van der Waals surface area (Å²) in [6, 6.07) is 12.4. The van der Waals surface area contributed by atoms with Gasteiger partial charge in [0.15, 0.2) is 0 Å². The van der Waals surface area contributed by atoms with Gasteiger partial charge < -0.3 is 5.32 Å². The van der Waals surface area contributed by atoms with Gasteiger partial charge in [-0.3, -0.25) is 9.10 Å². The molecule has 2 rings (SSSR count). The summed E-state index contributed by atoms with van der Waals surface area (Å²) in [7, 11) is -3.67. The van der Waals surface area contributed by atoms with Crippen molar-refractivity contribution in [3.63, 3.8) is 0 Å². The maximum absolute atomic E-state index is 12.5. The van der Waals surface area contributed by atoms with Crippen molar-refractivity contribution in [3.8, 4) is 0 Å². The molecule has 1 unspecified atom stereocenters. The Morgan fingerprint density at radius 1 is 1.21 bits per heavy atom. The number of halogens is 2. The van der Waals surface area contributed by atoms with Gasteiger partial charge in [-0.2, -0.15) is 0 Å². The molecule has 128 valence electrons. The second-order valence-corrected chi connectivity index (χ2v) is 8.42. The first-order valence-electron chi connectivity index (χ1n) is 7.00. The Kier molecular flexibility index (Phi) is 5.90. The predicted molar refractivity (Wildman–Crippen MR) is 101 cm³/mol. The SMILES string of the molecule is CC(C(=O)Nc1ccc(Br)cc1)N(c1cccc(Cl)c1)S(C)(=O)=O. The summed E-state index contributed by atoms with van der Waals surface area (Å²) >= 11 is 9.26. The van der Waals surface area contributed by atoms with Gasteiger partial charge in [0, 0.05) is 15.2 Å². The molecule has 1 atom stereocenters. The van der Waals surface area contributed by atoms with Crippen molar-refractivity contribution < 1.29 is 13.2 Å². The van der Waals surface area contributed by atoms with Gasteiger partial charge in [-0.05, 0) is 49.4 Å². The van der Waals surface area contributed by atoms with Crippen LogP contribution < -0.4 is 9.62 Å². The summed E-state index contributed by atoms with van der Waals surface area (Å²) in [4.78, 5) is 12.5. The highest BCUT2D eigenvalue weighted by Gasteiger charge is 2.29. The number of carbonyl (C=O) groups excluding carboxylic acids is 1. The Morgan fingerprint density at radius 2 is 1.83 bits per heavy atom. The fourth-order valence-electron chi connectivity index (χ4n) is 2.20. The summed E-state index contributed by atoms with van der Waals surface area (Å²) in [6.07, 6.45) is 1.05. The van der Waals surface area contributed by atoms with Crippen molar-refractivity contribution in [1.82, 2.24) is 0 Å². The third-order valence-corrected chi connectivity index (χ3v) is 5.27. The topological polar surface area (TPSA) is 66.5 Å². The molecule has 0 saturated heterocycles. The lowest BCUT2D eigenvalue weighted by atomic mass is 10.2. The van der Waals surface area contributed by atoms with E-state index in [1.807, 2.05) is 0 Å². The summed E-state index contributed by atoms with van der Waals surface area (Å²) in [5, 5.41) is 3.10. The fourth-order valence-corrected chi connectivity index (χ4v) is 3.82. The van der Waals surface area contributed by atoms with Crippen LogP contribution in [0.3, 0.4) is 0 Å². The molecule has 0 bridgehead atoms. The van der Waals surface area contributed by atoms with E-state index in [4.69, 9.17) is 11.6 Å². The van der Waals surface area contributed by atoms with Crippen LogP contribution in [0.4, 0.5) is 11.4 Å². The molecule has 0 spiro atoms. The maximum atomic E-state index is 12.5. The van der Waals surface area contributed by atoms with E-state index in [2.05, 4.69) is 21.2 Å². The molecule has 1 amide bonds. The molecule has 0 radical (unpaired) electrons. The van der Waals surface area contributed by atoms with Crippen molar-refractivity contribution >= 4 is 54.8 Å². The van der Waals surface area contributed by atoms with Gasteiger partial charge in [-0.1, -0.05) is 33.6 Å². The highest BCUT2D eigenvalue weighted by Crippen LogP contribution is 2.25. The molecule has 24 heavy (non-hydrogen) atoms. The van der Waals surface area contributed by atoms with E-state index in [1.165, 1.54) is 13.0 Å². The zero-order valence-electron chi connectivity index (χ0n) is 13.0. The highest BCUT2D eigenvalue weighted by molar-refractivity contribution is 9.10. The van der Waals surface area contributed by atoms with E-state index >= 15 is 0 Å². The number of anilines is 2. The van der Waals surface area contributed by atoms with E-state index in [0.29, 0.717) is 16.4 Å². The minimum Gasteiger partial charge on any atom is -0.324 e. The number of nitrogens with zero attached hydrogens (tertiary/aromatic N) is 1. The number of hydrogen-bond donors (Lipinski definition) is 1. The van der Waals surface area contributed by atoms with Gasteiger partial charge in [0.25, 0.3) is 0 Å². The Balaban J connectivity index is 2.29. The molecule has 0 saturated carbocycles. The zero-order chi connectivity index (χ0) is 17.9. The van der Waals surface area contributed by atoms with Crippen LogP contribution in [0.5, 0.6) is 0 Å². The Morgan fingerprint density at radius 3 is 2.38 bits per heavy atom. The predicted octanol–water partition coefficient (Wildman–Crippen LogP) is 3.90. The number of nitrogens with one attached hydrogen (secondary N) is 1. The van der Waals surface area contributed by atoms with Gasteiger partial charge >= 0.3 is 0 Å². The molecule has 1 N–H and O–H groups in total. The molecule has 0 fully saturated rings. The molecule has 2 aromatic carbocycles. The molecule has 0 aliphatic carbocycles. The van der Waals surface area contributed by atoms with Gasteiger partial charge in [0.1, 0.15) is 6.04 Å². The van der Waals surface area contributed by atoms with Crippen LogP contribution >= 0.6 is 27.5 Å². The average Bonchev–Trinajstić information content (AvgIpc) is 2.48. The summed E-state index contributed by atoms with van der Waals surface area (Å²) in [5.74, 6) is -0.442. The number of sulfonamides is 1. The van der Waals surface area contributed by atoms with E-state index < -0.39 is 22.0 Å². The van der Waals surface area contributed by atoms with Gasteiger partial charge in [-0.25, -0.2) is 8.42 Å². The monoisotopic (exact) mass is 430 g/mol. The van der Waals surface area contributed by atoms with Crippen LogP contribution in [0.2, 0.25) is 5.02 Å². The summed E-state index contributed by atoms with van der Waals surface area (Å²) in [6.45, 7) is 1.52. The molecular weight excluding hydrogens is 416 g/mol. The number of hydrogen-bond acceptors (Lipinski definition) is 3. The van der Waals surface area contributed by atoms with Crippen molar-refractivity contribution in [2.75, 3.05) is 15.9 Å². The number of benzene rings is 2. The maximum Gasteiger partial charge on any atom is 0.247 e. The summed E-state index contributed by atoms with van der Waals surface area (Å²) < 4.78 is 26.3. The number of rotatable bonds is 5. The first-order chi connectivity index (χ1) is 11.2. The van der Waals surface area contributed by atoms with E-state index in [-0.39, 0.29) is 0 Å². The largest absolute Gasteiger partial charge is 0.324 e.